The Balaban J connectivity index is 1.54. The zero-order valence-electron chi connectivity index (χ0n) is 11.9. The number of aromatic nitrogens is 2. The molecule has 106 valence electrons. The lowest BCUT2D eigenvalue weighted by Crippen LogP contribution is -2.30. The van der Waals surface area contributed by atoms with E-state index in [-0.39, 0.29) is 0 Å². The molecule has 0 radical (unpaired) electrons. The highest BCUT2D eigenvalue weighted by molar-refractivity contribution is 5.18. The Morgan fingerprint density at radius 1 is 1.25 bits per heavy atom. The summed E-state index contributed by atoms with van der Waals surface area (Å²) in [6.45, 7) is 2.98. The molecule has 2 atom stereocenters. The van der Waals surface area contributed by atoms with Gasteiger partial charge in [0.2, 0.25) is 5.89 Å². The molecule has 1 heterocycles. The summed E-state index contributed by atoms with van der Waals surface area (Å²) in [6.07, 6.45) is 4.62. The predicted molar refractivity (Wildman–Crippen MR) is 77.2 cm³/mol. The van der Waals surface area contributed by atoms with Gasteiger partial charge in [-0.2, -0.15) is 4.98 Å². The zero-order valence-corrected chi connectivity index (χ0v) is 11.9. The van der Waals surface area contributed by atoms with E-state index in [9.17, 15) is 0 Å². The number of rotatable bonds is 5. The summed E-state index contributed by atoms with van der Waals surface area (Å²) in [5, 5.41) is 7.58. The van der Waals surface area contributed by atoms with Gasteiger partial charge in [-0.1, -0.05) is 48.8 Å². The van der Waals surface area contributed by atoms with E-state index in [0.717, 1.165) is 18.2 Å². The number of nitrogens with zero attached hydrogens (tertiary/aromatic N) is 2. The largest absolute Gasteiger partial charge is 0.338 e. The smallest absolute Gasteiger partial charge is 0.240 e. The molecular formula is C16H21N3O. The van der Waals surface area contributed by atoms with Gasteiger partial charge in [0.05, 0.1) is 6.54 Å². The molecule has 0 amide bonds. The van der Waals surface area contributed by atoms with Crippen molar-refractivity contribution in [2.45, 2.75) is 45.2 Å². The first kappa shape index (κ1) is 13.3. The molecule has 0 spiro atoms. The van der Waals surface area contributed by atoms with Crippen molar-refractivity contribution in [2.24, 2.45) is 5.92 Å². The van der Waals surface area contributed by atoms with E-state index in [1.807, 2.05) is 18.2 Å². The van der Waals surface area contributed by atoms with Crippen LogP contribution in [0.15, 0.2) is 34.9 Å². The maximum absolute atomic E-state index is 5.31. The summed E-state index contributed by atoms with van der Waals surface area (Å²) in [7, 11) is 0. The fraction of sp³-hybridized carbons (Fsp3) is 0.500. The Labute approximate surface area is 119 Å². The lowest BCUT2D eigenvalue weighted by molar-refractivity contribution is 0.340. The molecule has 4 heteroatoms. The molecular weight excluding hydrogens is 250 g/mol. The standard InChI is InChI=1S/C16H21N3O/c1-12-6-5-9-14(12)17-11-16-18-15(19-20-16)10-13-7-3-2-4-8-13/h2-4,7-8,12,14,17H,5-6,9-11H2,1H3. The van der Waals surface area contributed by atoms with E-state index < -0.39 is 0 Å². The van der Waals surface area contributed by atoms with Crippen molar-refractivity contribution in [1.82, 2.24) is 15.5 Å². The van der Waals surface area contributed by atoms with E-state index in [1.165, 1.54) is 24.8 Å². The van der Waals surface area contributed by atoms with E-state index in [2.05, 4.69) is 34.5 Å². The normalized spacial score (nSPS) is 22.2. The van der Waals surface area contributed by atoms with E-state index in [4.69, 9.17) is 4.52 Å². The third kappa shape index (κ3) is 3.25. The molecule has 1 saturated carbocycles. The number of hydrogen-bond acceptors (Lipinski definition) is 4. The van der Waals surface area contributed by atoms with Crippen LogP contribution in [0.1, 0.15) is 43.5 Å². The molecule has 1 N–H and O–H groups in total. The van der Waals surface area contributed by atoms with Crippen LogP contribution in [0.3, 0.4) is 0 Å². The topological polar surface area (TPSA) is 51.0 Å². The molecule has 1 fully saturated rings. The number of benzene rings is 1. The van der Waals surface area contributed by atoms with Crippen LogP contribution < -0.4 is 5.32 Å². The van der Waals surface area contributed by atoms with Crippen LogP contribution in [0.2, 0.25) is 0 Å². The molecule has 2 unspecified atom stereocenters. The highest BCUT2D eigenvalue weighted by Crippen LogP contribution is 2.24. The zero-order chi connectivity index (χ0) is 13.8. The van der Waals surface area contributed by atoms with Gasteiger partial charge in [-0.25, -0.2) is 0 Å². The summed E-state index contributed by atoms with van der Waals surface area (Å²) in [5.74, 6) is 2.20. The van der Waals surface area contributed by atoms with Crippen LogP contribution in [-0.2, 0) is 13.0 Å². The third-order valence-electron chi connectivity index (χ3n) is 4.09. The molecule has 20 heavy (non-hydrogen) atoms. The minimum absolute atomic E-state index is 0.597. The van der Waals surface area contributed by atoms with Crippen LogP contribution in [0.25, 0.3) is 0 Å². The summed E-state index contributed by atoms with van der Waals surface area (Å²) >= 11 is 0. The van der Waals surface area contributed by atoms with Gasteiger partial charge in [0, 0.05) is 12.5 Å². The highest BCUT2D eigenvalue weighted by Gasteiger charge is 2.23. The summed E-state index contributed by atoms with van der Waals surface area (Å²) < 4.78 is 5.31. The van der Waals surface area contributed by atoms with Gasteiger partial charge in [0.1, 0.15) is 0 Å². The van der Waals surface area contributed by atoms with Gasteiger partial charge in [-0.3, -0.25) is 0 Å². The first-order valence-corrected chi connectivity index (χ1v) is 7.40. The van der Waals surface area contributed by atoms with E-state index in [0.29, 0.717) is 18.5 Å². The maximum atomic E-state index is 5.31. The van der Waals surface area contributed by atoms with Crippen molar-refractivity contribution in [1.29, 1.82) is 0 Å². The third-order valence-corrected chi connectivity index (χ3v) is 4.09. The molecule has 1 aromatic heterocycles. The second-order valence-electron chi connectivity index (χ2n) is 5.66. The monoisotopic (exact) mass is 271 g/mol. The van der Waals surface area contributed by atoms with Gasteiger partial charge in [-0.05, 0) is 24.3 Å². The Hall–Kier alpha value is -1.68. The minimum atomic E-state index is 0.597. The molecule has 0 aliphatic heterocycles. The number of hydrogen-bond donors (Lipinski definition) is 1. The average Bonchev–Trinajstić information content (AvgIpc) is 3.07. The van der Waals surface area contributed by atoms with Gasteiger partial charge >= 0.3 is 0 Å². The second kappa shape index (κ2) is 6.18. The molecule has 0 saturated heterocycles. The minimum Gasteiger partial charge on any atom is -0.338 e. The van der Waals surface area contributed by atoms with Gasteiger partial charge in [-0.15, -0.1) is 0 Å². The van der Waals surface area contributed by atoms with Crippen molar-refractivity contribution in [2.75, 3.05) is 0 Å². The Morgan fingerprint density at radius 2 is 2.10 bits per heavy atom. The molecule has 1 aliphatic rings. The summed E-state index contributed by atoms with van der Waals surface area (Å²) in [5.41, 5.74) is 1.21. The second-order valence-corrected chi connectivity index (χ2v) is 5.66. The Morgan fingerprint density at radius 3 is 2.85 bits per heavy atom. The lowest BCUT2D eigenvalue weighted by Gasteiger charge is -2.15. The maximum Gasteiger partial charge on any atom is 0.240 e. The van der Waals surface area contributed by atoms with Crippen molar-refractivity contribution in [3.63, 3.8) is 0 Å². The average molecular weight is 271 g/mol. The number of nitrogens with one attached hydrogen (secondary N) is 1. The summed E-state index contributed by atoms with van der Waals surface area (Å²) in [4.78, 5) is 4.45. The Kier molecular flexibility index (Phi) is 4.11. The van der Waals surface area contributed by atoms with Gasteiger partial charge in [0.15, 0.2) is 5.82 Å². The van der Waals surface area contributed by atoms with Gasteiger partial charge in [0.25, 0.3) is 0 Å². The molecule has 3 rings (SSSR count). The fourth-order valence-electron chi connectivity index (χ4n) is 2.88. The predicted octanol–water partition coefficient (Wildman–Crippen LogP) is 2.94. The molecule has 1 aliphatic carbocycles. The Bertz CT molecular complexity index is 538. The van der Waals surface area contributed by atoms with Crippen molar-refractivity contribution in [3.05, 3.63) is 47.6 Å². The highest BCUT2D eigenvalue weighted by atomic mass is 16.5. The van der Waals surface area contributed by atoms with Crippen LogP contribution in [-0.4, -0.2) is 16.2 Å². The first-order valence-electron chi connectivity index (χ1n) is 7.40. The lowest BCUT2D eigenvalue weighted by atomic mass is 10.1. The fourth-order valence-corrected chi connectivity index (χ4v) is 2.88. The van der Waals surface area contributed by atoms with Crippen LogP contribution in [0.5, 0.6) is 0 Å². The van der Waals surface area contributed by atoms with Gasteiger partial charge < -0.3 is 9.84 Å². The SMILES string of the molecule is CC1CCCC1NCc1nc(Cc2ccccc2)no1. The van der Waals surface area contributed by atoms with Crippen molar-refractivity contribution in [3.8, 4) is 0 Å². The molecule has 2 aromatic rings. The quantitative estimate of drug-likeness (QED) is 0.908. The van der Waals surface area contributed by atoms with E-state index in [1.54, 1.807) is 0 Å². The van der Waals surface area contributed by atoms with Crippen LogP contribution >= 0.6 is 0 Å². The van der Waals surface area contributed by atoms with E-state index >= 15 is 0 Å². The molecule has 4 nitrogen and oxygen atoms in total. The summed E-state index contributed by atoms with van der Waals surface area (Å²) in [6, 6.07) is 10.8. The van der Waals surface area contributed by atoms with Crippen LogP contribution in [0.4, 0.5) is 0 Å². The molecule has 1 aromatic carbocycles. The first-order chi connectivity index (χ1) is 9.81. The van der Waals surface area contributed by atoms with Crippen molar-refractivity contribution < 1.29 is 4.52 Å². The van der Waals surface area contributed by atoms with Crippen molar-refractivity contribution >= 4 is 0 Å². The van der Waals surface area contributed by atoms with Crippen LogP contribution in [0, 0.1) is 5.92 Å². The molecule has 0 bridgehead atoms.